The summed E-state index contributed by atoms with van der Waals surface area (Å²) in [6.07, 6.45) is 3.32. The Hall–Kier alpha value is -0.450. The Labute approximate surface area is 72.8 Å². The largest absolute Gasteiger partial charge is 0.396 e. The molecule has 4 heteroatoms. The fraction of sp³-hybridized carbons (Fsp3) is 0.875. The van der Waals surface area contributed by atoms with Gasteiger partial charge in [-0.3, -0.25) is 0 Å². The zero-order valence-electron chi connectivity index (χ0n) is 7.28. The van der Waals surface area contributed by atoms with Crippen LogP contribution in [0.2, 0.25) is 0 Å². The maximum atomic E-state index is 9.45. The average Bonchev–Trinajstić information content (AvgIpc) is 2.12. The van der Waals surface area contributed by atoms with Gasteiger partial charge in [0.2, 0.25) is 0 Å². The number of aldehydes is 1. The molecule has 0 unspecified atom stereocenters. The Morgan fingerprint density at radius 2 is 1.25 bits per heavy atom. The summed E-state index contributed by atoms with van der Waals surface area (Å²) in [5.41, 5.74) is 0. The zero-order chi connectivity index (χ0) is 9.66. The van der Waals surface area contributed by atoms with Crippen molar-refractivity contribution in [2.24, 2.45) is 0 Å². The standard InChI is InChI=1S/C4H10O2.C4H8O2/c2*5-3-1-2-4-6/h5-6H,1-4H2;3,6H,1-2,4H2. The van der Waals surface area contributed by atoms with Gasteiger partial charge in [0, 0.05) is 26.2 Å². The van der Waals surface area contributed by atoms with Crippen molar-refractivity contribution in [3.05, 3.63) is 0 Å². The Morgan fingerprint density at radius 1 is 0.833 bits per heavy atom. The van der Waals surface area contributed by atoms with E-state index in [2.05, 4.69) is 0 Å². The average molecular weight is 178 g/mol. The SMILES string of the molecule is O=CCCCO.OCCCCO. The van der Waals surface area contributed by atoms with Gasteiger partial charge >= 0.3 is 0 Å². The Morgan fingerprint density at radius 3 is 1.42 bits per heavy atom. The highest BCUT2D eigenvalue weighted by molar-refractivity contribution is 5.48. The van der Waals surface area contributed by atoms with Gasteiger partial charge in [0.15, 0.2) is 0 Å². The number of rotatable bonds is 6. The van der Waals surface area contributed by atoms with Gasteiger partial charge in [0.25, 0.3) is 0 Å². The van der Waals surface area contributed by atoms with E-state index < -0.39 is 0 Å². The minimum atomic E-state index is 0.124. The Bertz CT molecular complexity index is 71.5. The van der Waals surface area contributed by atoms with Crippen LogP contribution in [0.1, 0.15) is 25.7 Å². The summed E-state index contributed by atoms with van der Waals surface area (Å²) in [5, 5.41) is 24.2. The first kappa shape index (κ1) is 14.1. The van der Waals surface area contributed by atoms with Crippen molar-refractivity contribution in [1.29, 1.82) is 0 Å². The number of aliphatic hydroxyl groups excluding tert-OH is 3. The smallest absolute Gasteiger partial charge is 0.120 e. The molecule has 0 radical (unpaired) electrons. The Kier molecular flexibility index (Phi) is 19.8. The van der Waals surface area contributed by atoms with E-state index in [4.69, 9.17) is 15.3 Å². The topological polar surface area (TPSA) is 77.8 Å². The molecule has 4 nitrogen and oxygen atoms in total. The number of hydrogen-bond donors (Lipinski definition) is 3. The van der Waals surface area contributed by atoms with Gasteiger partial charge in [-0.1, -0.05) is 0 Å². The molecule has 0 aromatic heterocycles. The predicted molar refractivity (Wildman–Crippen MR) is 45.8 cm³/mol. The molecule has 0 rings (SSSR count). The third-order valence-corrected chi connectivity index (χ3v) is 1.05. The molecule has 12 heavy (non-hydrogen) atoms. The lowest BCUT2D eigenvalue weighted by Gasteiger charge is -1.85. The normalized spacial score (nSPS) is 8.58. The van der Waals surface area contributed by atoms with Crippen molar-refractivity contribution in [3.63, 3.8) is 0 Å². The Balaban J connectivity index is 0. The molecule has 0 bridgehead atoms. The molecule has 0 aliphatic carbocycles. The van der Waals surface area contributed by atoms with E-state index in [9.17, 15) is 4.79 Å². The highest BCUT2D eigenvalue weighted by Gasteiger charge is 1.77. The lowest BCUT2D eigenvalue weighted by molar-refractivity contribution is -0.108. The fourth-order valence-electron chi connectivity index (χ4n) is 0.398. The van der Waals surface area contributed by atoms with Crippen molar-refractivity contribution in [3.8, 4) is 0 Å². The molecule has 0 heterocycles. The molecule has 0 aromatic carbocycles. The number of carbonyl (C=O) groups excluding carboxylic acids is 1. The zero-order valence-corrected chi connectivity index (χ0v) is 7.28. The first-order valence-corrected chi connectivity index (χ1v) is 4.09. The van der Waals surface area contributed by atoms with Crippen LogP contribution in [0.15, 0.2) is 0 Å². The van der Waals surface area contributed by atoms with Crippen LogP contribution in [0.4, 0.5) is 0 Å². The number of unbranched alkanes of at least 4 members (excludes halogenated alkanes) is 2. The van der Waals surface area contributed by atoms with Crippen LogP contribution < -0.4 is 0 Å². The molecular weight excluding hydrogens is 160 g/mol. The summed E-state index contributed by atoms with van der Waals surface area (Å²) in [4.78, 5) is 9.45. The van der Waals surface area contributed by atoms with Crippen molar-refractivity contribution in [2.45, 2.75) is 25.7 Å². The molecule has 0 spiro atoms. The van der Waals surface area contributed by atoms with Crippen LogP contribution in [0.5, 0.6) is 0 Å². The highest BCUT2D eigenvalue weighted by Crippen LogP contribution is 1.80. The van der Waals surface area contributed by atoms with Crippen LogP contribution in [0.25, 0.3) is 0 Å². The minimum Gasteiger partial charge on any atom is -0.396 e. The molecule has 3 N–H and O–H groups in total. The van der Waals surface area contributed by atoms with Gasteiger partial charge in [-0.25, -0.2) is 0 Å². The first-order chi connectivity index (χ1) is 5.83. The summed E-state index contributed by atoms with van der Waals surface area (Å²) in [7, 11) is 0. The number of hydrogen-bond acceptors (Lipinski definition) is 4. The number of carbonyl (C=O) groups is 1. The van der Waals surface area contributed by atoms with E-state index in [0.29, 0.717) is 12.8 Å². The summed E-state index contributed by atoms with van der Waals surface area (Å²) in [6, 6.07) is 0. The summed E-state index contributed by atoms with van der Waals surface area (Å²) < 4.78 is 0. The van der Waals surface area contributed by atoms with Gasteiger partial charge in [0.1, 0.15) is 6.29 Å². The third kappa shape index (κ3) is 22.7. The minimum absolute atomic E-state index is 0.124. The van der Waals surface area contributed by atoms with Crippen LogP contribution in [-0.4, -0.2) is 41.4 Å². The van der Waals surface area contributed by atoms with Crippen molar-refractivity contribution >= 4 is 6.29 Å². The van der Waals surface area contributed by atoms with Crippen molar-refractivity contribution < 1.29 is 20.1 Å². The summed E-state index contributed by atoms with van der Waals surface area (Å²) in [5.74, 6) is 0. The lowest BCUT2D eigenvalue weighted by Crippen LogP contribution is -1.85. The van der Waals surface area contributed by atoms with Gasteiger partial charge < -0.3 is 20.1 Å². The lowest BCUT2D eigenvalue weighted by atomic mass is 10.3. The van der Waals surface area contributed by atoms with E-state index in [0.717, 1.165) is 19.1 Å². The van der Waals surface area contributed by atoms with E-state index in [1.165, 1.54) is 0 Å². The first-order valence-electron chi connectivity index (χ1n) is 4.09. The quantitative estimate of drug-likeness (QED) is 0.386. The van der Waals surface area contributed by atoms with Crippen LogP contribution in [-0.2, 0) is 4.79 Å². The van der Waals surface area contributed by atoms with Crippen LogP contribution >= 0.6 is 0 Å². The van der Waals surface area contributed by atoms with Gasteiger partial charge in [0.05, 0.1) is 0 Å². The monoisotopic (exact) mass is 178 g/mol. The second kappa shape index (κ2) is 16.9. The maximum absolute atomic E-state index is 9.45. The molecule has 0 fully saturated rings. The van der Waals surface area contributed by atoms with E-state index in [1.807, 2.05) is 0 Å². The summed E-state index contributed by atoms with van der Waals surface area (Å²) >= 11 is 0. The molecule has 0 saturated heterocycles. The highest BCUT2D eigenvalue weighted by atomic mass is 16.3. The molecule has 0 aromatic rings. The maximum Gasteiger partial charge on any atom is 0.120 e. The van der Waals surface area contributed by atoms with Crippen molar-refractivity contribution in [1.82, 2.24) is 0 Å². The molecule has 0 amide bonds. The van der Waals surface area contributed by atoms with Gasteiger partial charge in [-0.15, -0.1) is 0 Å². The fourth-order valence-corrected chi connectivity index (χ4v) is 0.398. The van der Waals surface area contributed by atoms with E-state index in [-0.39, 0.29) is 19.8 Å². The second-order valence-corrected chi connectivity index (χ2v) is 2.19. The van der Waals surface area contributed by atoms with Crippen molar-refractivity contribution in [2.75, 3.05) is 19.8 Å². The second-order valence-electron chi connectivity index (χ2n) is 2.19. The third-order valence-electron chi connectivity index (χ3n) is 1.05. The van der Waals surface area contributed by atoms with Gasteiger partial charge in [-0.05, 0) is 19.3 Å². The van der Waals surface area contributed by atoms with Crippen LogP contribution in [0.3, 0.4) is 0 Å². The molecule has 0 aliphatic rings. The molecule has 0 aliphatic heterocycles. The van der Waals surface area contributed by atoms with E-state index >= 15 is 0 Å². The molecular formula is C8H18O4. The van der Waals surface area contributed by atoms with E-state index in [1.54, 1.807) is 0 Å². The predicted octanol–water partition coefficient (Wildman–Crippen LogP) is -0.291. The summed E-state index contributed by atoms with van der Waals surface area (Å²) in [6.45, 7) is 0.514. The molecule has 74 valence electrons. The molecule has 0 saturated carbocycles. The van der Waals surface area contributed by atoms with Gasteiger partial charge in [-0.2, -0.15) is 0 Å². The molecule has 0 atom stereocenters. The van der Waals surface area contributed by atoms with Crippen LogP contribution in [0, 0.1) is 0 Å². The number of aliphatic hydroxyl groups is 3.